The van der Waals surface area contributed by atoms with Crippen molar-refractivity contribution in [3.8, 4) is 0 Å². The van der Waals surface area contributed by atoms with E-state index >= 15 is 0 Å². The lowest BCUT2D eigenvalue weighted by Crippen LogP contribution is -2.56. The lowest BCUT2D eigenvalue weighted by Gasteiger charge is -2.44. The molecular formula is C15H28N2O2. The van der Waals surface area contributed by atoms with Gasteiger partial charge in [0.15, 0.2) is 0 Å². The molecule has 3 fully saturated rings. The molecule has 2 atom stereocenters. The van der Waals surface area contributed by atoms with Gasteiger partial charge in [-0.25, -0.2) is 0 Å². The van der Waals surface area contributed by atoms with Crippen molar-refractivity contribution in [2.45, 2.75) is 62.6 Å². The largest absolute Gasteiger partial charge is 0.394 e. The lowest BCUT2D eigenvalue weighted by molar-refractivity contribution is 0.0553. The van der Waals surface area contributed by atoms with Gasteiger partial charge in [0.05, 0.1) is 13.2 Å². The maximum atomic E-state index is 9.88. The summed E-state index contributed by atoms with van der Waals surface area (Å²) >= 11 is 0. The highest BCUT2D eigenvalue weighted by molar-refractivity contribution is 5.00. The Hall–Kier alpha value is -0.160. The second-order valence-corrected chi connectivity index (χ2v) is 6.61. The van der Waals surface area contributed by atoms with Gasteiger partial charge in [0.25, 0.3) is 0 Å². The zero-order valence-electron chi connectivity index (χ0n) is 11.9. The molecule has 19 heavy (non-hydrogen) atoms. The minimum atomic E-state index is -0.00273. The second kappa shape index (κ2) is 6.08. The van der Waals surface area contributed by atoms with Gasteiger partial charge < -0.3 is 15.2 Å². The Morgan fingerprint density at radius 1 is 1.16 bits per heavy atom. The highest BCUT2D eigenvalue weighted by Gasteiger charge is 2.41. The zero-order chi connectivity index (χ0) is 13.1. The van der Waals surface area contributed by atoms with Crippen LogP contribution in [-0.4, -0.2) is 60.5 Å². The number of hydrogen-bond donors (Lipinski definition) is 2. The van der Waals surface area contributed by atoms with Crippen LogP contribution in [0, 0.1) is 0 Å². The monoisotopic (exact) mass is 268 g/mol. The minimum Gasteiger partial charge on any atom is -0.394 e. The highest BCUT2D eigenvalue weighted by atomic mass is 16.5. The van der Waals surface area contributed by atoms with Gasteiger partial charge in [0.1, 0.15) is 0 Å². The van der Waals surface area contributed by atoms with E-state index in [0.717, 1.165) is 45.6 Å². The van der Waals surface area contributed by atoms with Gasteiger partial charge in [-0.1, -0.05) is 0 Å². The SMILES string of the molecule is OCC1(NC2CC2)CCCC(N2CCCOCC2)C1. The first kappa shape index (κ1) is 13.8. The number of nitrogens with one attached hydrogen (secondary N) is 1. The summed E-state index contributed by atoms with van der Waals surface area (Å²) in [5.41, 5.74) is -0.00273. The Balaban J connectivity index is 1.61. The molecule has 0 radical (unpaired) electrons. The smallest absolute Gasteiger partial charge is 0.0613 e. The molecule has 2 N–H and O–H groups in total. The Morgan fingerprint density at radius 3 is 2.84 bits per heavy atom. The number of nitrogens with zero attached hydrogens (tertiary/aromatic N) is 1. The van der Waals surface area contributed by atoms with Gasteiger partial charge in [0, 0.05) is 37.3 Å². The molecule has 0 aromatic carbocycles. The zero-order valence-corrected chi connectivity index (χ0v) is 11.9. The molecule has 1 aliphatic heterocycles. The van der Waals surface area contributed by atoms with E-state index in [1.807, 2.05) is 0 Å². The molecule has 0 bridgehead atoms. The van der Waals surface area contributed by atoms with Crippen molar-refractivity contribution in [2.75, 3.05) is 32.9 Å². The highest BCUT2D eigenvalue weighted by Crippen LogP contribution is 2.34. The molecule has 4 nitrogen and oxygen atoms in total. The van der Waals surface area contributed by atoms with Crippen LogP contribution in [0.2, 0.25) is 0 Å². The predicted octanol–water partition coefficient (Wildman–Crippen LogP) is 1.13. The minimum absolute atomic E-state index is 0.00273. The Bertz CT molecular complexity index is 288. The number of rotatable bonds is 4. The van der Waals surface area contributed by atoms with Crippen LogP contribution < -0.4 is 5.32 Å². The fourth-order valence-corrected chi connectivity index (χ4v) is 3.75. The van der Waals surface area contributed by atoms with Crippen LogP contribution in [0.3, 0.4) is 0 Å². The molecule has 0 aromatic rings. The van der Waals surface area contributed by atoms with E-state index in [4.69, 9.17) is 4.74 Å². The standard InChI is InChI=1S/C15H28N2O2/c18-12-15(16-13-4-5-13)6-1-3-14(11-15)17-7-2-9-19-10-8-17/h13-14,16,18H,1-12H2. The molecule has 2 aliphatic carbocycles. The van der Waals surface area contributed by atoms with Crippen molar-refractivity contribution in [1.29, 1.82) is 0 Å². The summed E-state index contributed by atoms with van der Waals surface area (Å²) in [6, 6.07) is 1.31. The van der Waals surface area contributed by atoms with E-state index in [1.165, 1.54) is 25.7 Å². The molecule has 3 rings (SSSR count). The molecule has 1 saturated heterocycles. The summed E-state index contributed by atoms with van der Waals surface area (Å²) in [4.78, 5) is 2.60. The molecule has 0 spiro atoms. The van der Waals surface area contributed by atoms with Crippen LogP contribution in [0.1, 0.15) is 44.9 Å². The van der Waals surface area contributed by atoms with Crippen molar-refractivity contribution < 1.29 is 9.84 Å². The van der Waals surface area contributed by atoms with Gasteiger partial charge in [-0.05, 0) is 44.9 Å². The molecule has 0 amide bonds. The van der Waals surface area contributed by atoms with Crippen molar-refractivity contribution in [1.82, 2.24) is 10.2 Å². The third-order valence-electron chi connectivity index (χ3n) is 4.98. The molecule has 4 heteroatoms. The van der Waals surface area contributed by atoms with E-state index in [9.17, 15) is 5.11 Å². The Morgan fingerprint density at radius 2 is 2.05 bits per heavy atom. The van der Waals surface area contributed by atoms with Crippen LogP contribution in [0.15, 0.2) is 0 Å². The van der Waals surface area contributed by atoms with Gasteiger partial charge >= 0.3 is 0 Å². The number of aliphatic hydroxyl groups is 1. The fraction of sp³-hybridized carbons (Fsp3) is 1.00. The number of hydrogen-bond acceptors (Lipinski definition) is 4. The average Bonchev–Trinajstić information content (AvgIpc) is 3.25. The van der Waals surface area contributed by atoms with Crippen LogP contribution in [0.4, 0.5) is 0 Å². The summed E-state index contributed by atoms with van der Waals surface area (Å²) in [5, 5.41) is 13.6. The first-order chi connectivity index (χ1) is 9.31. The van der Waals surface area contributed by atoms with Crippen LogP contribution >= 0.6 is 0 Å². The van der Waals surface area contributed by atoms with Gasteiger partial charge in [-0.15, -0.1) is 0 Å². The average molecular weight is 268 g/mol. The third kappa shape index (κ3) is 3.48. The van der Waals surface area contributed by atoms with Gasteiger partial charge in [-0.2, -0.15) is 0 Å². The molecule has 2 saturated carbocycles. The summed E-state index contributed by atoms with van der Waals surface area (Å²) in [5.74, 6) is 0. The van der Waals surface area contributed by atoms with E-state index in [2.05, 4.69) is 10.2 Å². The van der Waals surface area contributed by atoms with E-state index in [-0.39, 0.29) is 5.54 Å². The molecule has 0 aromatic heterocycles. The van der Waals surface area contributed by atoms with Crippen LogP contribution in [-0.2, 0) is 4.74 Å². The number of aliphatic hydroxyl groups excluding tert-OH is 1. The van der Waals surface area contributed by atoms with Crippen molar-refractivity contribution in [2.24, 2.45) is 0 Å². The predicted molar refractivity (Wildman–Crippen MR) is 75.2 cm³/mol. The molecular weight excluding hydrogens is 240 g/mol. The van der Waals surface area contributed by atoms with E-state index < -0.39 is 0 Å². The van der Waals surface area contributed by atoms with Crippen LogP contribution in [0.5, 0.6) is 0 Å². The molecule has 1 heterocycles. The molecule has 2 unspecified atom stereocenters. The first-order valence-electron chi connectivity index (χ1n) is 8.02. The third-order valence-corrected chi connectivity index (χ3v) is 4.98. The van der Waals surface area contributed by atoms with Crippen LogP contribution in [0.25, 0.3) is 0 Å². The summed E-state index contributed by atoms with van der Waals surface area (Å²) in [7, 11) is 0. The van der Waals surface area contributed by atoms with Crippen molar-refractivity contribution >= 4 is 0 Å². The van der Waals surface area contributed by atoms with E-state index in [1.54, 1.807) is 0 Å². The van der Waals surface area contributed by atoms with Crippen molar-refractivity contribution in [3.05, 3.63) is 0 Å². The summed E-state index contributed by atoms with van der Waals surface area (Å²) in [6.45, 7) is 4.31. The van der Waals surface area contributed by atoms with Crippen molar-refractivity contribution in [3.63, 3.8) is 0 Å². The first-order valence-corrected chi connectivity index (χ1v) is 8.02. The Kier molecular flexibility index (Phi) is 4.42. The lowest BCUT2D eigenvalue weighted by atomic mass is 9.78. The Labute approximate surface area is 116 Å². The van der Waals surface area contributed by atoms with Gasteiger partial charge in [0.2, 0.25) is 0 Å². The summed E-state index contributed by atoms with van der Waals surface area (Å²) in [6.07, 6.45) is 8.52. The fourth-order valence-electron chi connectivity index (χ4n) is 3.75. The number of ether oxygens (including phenoxy) is 1. The topological polar surface area (TPSA) is 44.7 Å². The summed E-state index contributed by atoms with van der Waals surface area (Å²) < 4.78 is 5.56. The normalized spacial score (nSPS) is 38.1. The maximum absolute atomic E-state index is 9.88. The molecule has 110 valence electrons. The molecule has 3 aliphatic rings. The van der Waals surface area contributed by atoms with E-state index in [0.29, 0.717) is 18.7 Å². The maximum Gasteiger partial charge on any atom is 0.0613 e. The quantitative estimate of drug-likeness (QED) is 0.802. The second-order valence-electron chi connectivity index (χ2n) is 6.61. The van der Waals surface area contributed by atoms with Gasteiger partial charge in [-0.3, -0.25) is 4.90 Å².